The summed E-state index contributed by atoms with van der Waals surface area (Å²) in [5.74, 6) is -0.144. The highest BCUT2D eigenvalue weighted by Gasteiger charge is 2.39. The van der Waals surface area contributed by atoms with Gasteiger partial charge in [-0.1, -0.05) is 37.3 Å². The number of benzene rings is 1. The number of piperidine rings is 1. The summed E-state index contributed by atoms with van der Waals surface area (Å²) in [5.41, 5.74) is 0.580. The molecule has 4 nitrogen and oxygen atoms in total. The maximum absolute atomic E-state index is 11.7. The van der Waals surface area contributed by atoms with Gasteiger partial charge in [0.1, 0.15) is 5.60 Å². The molecular formula is C15H21NO3. The van der Waals surface area contributed by atoms with Crippen LogP contribution in [0, 0.1) is 0 Å². The van der Waals surface area contributed by atoms with E-state index in [9.17, 15) is 4.79 Å². The lowest BCUT2D eigenvalue weighted by Crippen LogP contribution is -2.44. The first-order valence-electron chi connectivity index (χ1n) is 6.76. The van der Waals surface area contributed by atoms with Crippen LogP contribution in [0.15, 0.2) is 30.3 Å². The second-order valence-electron chi connectivity index (χ2n) is 4.80. The Hall–Kier alpha value is -1.39. The summed E-state index contributed by atoms with van der Waals surface area (Å²) in [6.07, 6.45) is 1.93. The van der Waals surface area contributed by atoms with Gasteiger partial charge in [-0.05, 0) is 5.56 Å². The summed E-state index contributed by atoms with van der Waals surface area (Å²) in [6.45, 7) is 3.36. The molecule has 1 aliphatic heterocycles. The largest absolute Gasteiger partial charge is 0.454 e. The van der Waals surface area contributed by atoms with Crippen LogP contribution in [0.25, 0.3) is 0 Å². The molecule has 104 valence electrons. The summed E-state index contributed by atoms with van der Waals surface area (Å²) < 4.78 is 5.79. The van der Waals surface area contributed by atoms with Crippen molar-refractivity contribution in [2.24, 2.45) is 0 Å². The van der Waals surface area contributed by atoms with Crippen LogP contribution >= 0.6 is 0 Å². The van der Waals surface area contributed by atoms with Gasteiger partial charge in [0.15, 0.2) is 0 Å². The maximum atomic E-state index is 11.7. The monoisotopic (exact) mass is 263 g/mol. The Labute approximate surface area is 114 Å². The second-order valence-corrected chi connectivity index (χ2v) is 4.80. The van der Waals surface area contributed by atoms with Gasteiger partial charge in [0, 0.05) is 32.4 Å². The molecule has 0 unspecified atom stereocenters. The van der Waals surface area contributed by atoms with E-state index in [1.54, 1.807) is 7.11 Å². The lowest BCUT2D eigenvalue weighted by atomic mass is 9.84. The van der Waals surface area contributed by atoms with Gasteiger partial charge >= 0.3 is 5.97 Å². The Bertz CT molecular complexity index is 411. The van der Waals surface area contributed by atoms with Crippen molar-refractivity contribution in [2.45, 2.75) is 31.8 Å². The van der Waals surface area contributed by atoms with E-state index in [1.807, 2.05) is 42.3 Å². The summed E-state index contributed by atoms with van der Waals surface area (Å²) >= 11 is 0. The number of ether oxygens (including phenoxy) is 1. The van der Waals surface area contributed by atoms with E-state index in [1.165, 1.54) is 0 Å². The molecule has 0 aromatic heterocycles. The quantitative estimate of drug-likeness (QED) is 0.782. The van der Waals surface area contributed by atoms with Crippen molar-refractivity contribution in [2.75, 3.05) is 20.2 Å². The molecule has 4 heteroatoms. The van der Waals surface area contributed by atoms with Gasteiger partial charge in [-0.3, -0.25) is 4.79 Å². The molecule has 1 aromatic carbocycles. The van der Waals surface area contributed by atoms with E-state index in [-0.39, 0.29) is 5.97 Å². The van der Waals surface area contributed by atoms with E-state index < -0.39 is 5.60 Å². The minimum absolute atomic E-state index is 0.144. The van der Waals surface area contributed by atoms with Gasteiger partial charge in [0.05, 0.1) is 7.11 Å². The van der Waals surface area contributed by atoms with Gasteiger partial charge in [-0.15, -0.1) is 0 Å². The first-order chi connectivity index (χ1) is 9.20. The Morgan fingerprint density at radius 2 is 1.89 bits per heavy atom. The zero-order chi connectivity index (χ0) is 13.7. The van der Waals surface area contributed by atoms with Crippen LogP contribution in [0.2, 0.25) is 0 Å². The first-order valence-corrected chi connectivity index (χ1v) is 6.76. The zero-order valence-electron chi connectivity index (χ0n) is 11.6. The fourth-order valence-electron chi connectivity index (χ4n) is 2.51. The number of nitrogens with zero attached hydrogens (tertiary/aromatic N) is 1. The van der Waals surface area contributed by atoms with Crippen LogP contribution in [0.1, 0.15) is 31.7 Å². The predicted molar refractivity (Wildman–Crippen MR) is 72.3 cm³/mol. The number of hydrogen-bond acceptors (Lipinski definition) is 4. The number of esters is 1. The smallest absolute Gasteiger partial charge is 0.306 e. The molecule has 0 spiro atoms. The molecular weight excluding hydrogens is 242 g/mol. The minimum atomic E-state index is -0.497. The number of carbonyl (C=O) groups is 1. The van der Waals surface area contributed by atoms with Gasteiger partial charge in [0.25, 0.3) is 0 Å². The minimum Gasteiger partial charge on any atom is -0.454 e. The second kappa shape index (κ2) is 6.17. The van der Waals surface area contributed by atoms with Gasteiger partial charge in [-0.25, -0.2) is 0 Å². The number of hydroxylamine groups is 2. The normalized spacial score (nSPS) is 19.1. The number of carbonyl (C=O) groups excluding carboxylic acids is 1. The first kappa shape index (κ1) is 14.0. The average molecular weight is 263 g/mol. The highest BCUT2D eigenvalue weighted by molar-refractivity contribution is 5.69. The van der Waals surface area contributed by atoms with E-state index >= 15 is 0 Å². The van der Waals surface area contributed by atoms with Crippen molar-refractivity contribution < 1.29 is 14.4 Å². The highest BCUT2D eigenvalue weighted by atomic mass is 16.7. The van der Waals surface area contributed by atoms with E-state index in [0.29, 0.717) is 6.42 Å². The molecule has 1 fully saturated rings. The topological polar surface area (TPSA) is 38.8 Å². The molecule has 0 aliphatic carbocycles. The molecule has 0 atom stereocenters. The Kier molecular flexibility index (Phi) is 4.56. The van der Waals surface area contributed by atoms with Crippen LogP contribution in [-0.2, 0) is 20.0 Å². The van der Waals surface area contributed by atoms with Gasteiger partial charge in [0.2, 0.25) is 0 Å². The van der Waals surface area contributed by atoms with E-state index in [4.69, 9.17) is 9.57 Å². The molecule has 0 bridgehead atoms. The summed E-state index contributed by atoms with van der Waals surface area (Å²) in [4.78, 5) is 17.0. The van der Waals surface area contributed by atoms with Gasteiger partial charge in [-0.2, -0.15) is 5.06 Å². The van der Waals surface area contributed by atoms with Crippen molar-refractivity contribution in [1.29, 1.82) is 0 Å². The van der Waals surface area contributed by atoms with Crippen molar-refractivity contribution in [3.8, 4) is 0 Å². The van der Waals surface area contributed by atoms with Crippen LogP contribution in [-0.4, -0.2) is 31.2 Å². The third kappa shape index (κ3) is 3.14. The number of rotatable bonds is 4. The predicted octanol–water partition coefficient (Wildman–Crippen LogP) is 2.49. The van der Waals surface area contributed by atoms with Gasteiger partial charge < -0.3 is 9.57 Å². The van der Waals surface area contributed by atoms with Crippen molar-refractivity contribution >= 4 is 5.97 Å². The Morgan fingerprint density at radius 1 is 1.26 bits per heavy atom. The third-order valence-corrected chi connectivity index (χ3v) is 3.69. The van der Waals surface area contributed by atoms with Crippen molar-refractivity contribution in [3.63, 3.8) is 0 Å². The molecule has 1 aromatic rings. The zero-order valence-corrected chi connectivity index (χ0v) is 11.6. The summed E-state index contributed by atoms with van der Waals surface area (Å²) in [5, 5.41) is 1.90. The SMILES string of the molecule is CCC(=O)OC1(c2ccccc2)CCN(OC)CC1. The molecule has 1 aliphatic rings. The molecule has 0 N–H and O–H groups in total. The van der Waals surface area contributed by atoms with Crippen molar-refractivity contribution in [3.05, 3.63) is 35.9 Å². The van der Waals surface area contributed by atoms with Crippen LogP contribution < -0.4 is 0 Å². The molecule has 19 heavy (non-hydrogen) atoms. The van der Waals surface area contributed by atoms with E-state index in [2.05, 4.69) is 0 Å². The molecule has 2 rings (SSSR count). The molecule has 0 amide bonds. The summed E-state index contributed by atoms with van der Waals surface area (Å²) in [7, 11) is 1.67. The average Bonchev–Trinajstić information content (AvgIpc) is 2.48. The Balaban J connectivity index is 2.22. The number of hydrogen-bond donors (Lipinski definition) is 0. The molecule has 0 radical (unpaired) electrons. The summed E-state index contributed by atoms with van der Waals surface area (Å²) in [6, 6.07) is 10.0. The molecule has 0 saturated carbocycles. The highest BCUT2D eigenvalue weighted by Crippen LogP contribution is 2.37. The van der Waals surface area contributed by atoms with Crippen LogP contribution in [0.4, 0.5) is 0 Å². The molecule has 1 heterocycles. The Morgan fingerprint density at radius 3 is 2.42 bits per heavy atom. The maximum Gasteiger partial charge on any atom is 0.306 e. The molecule has 1 saturated heterocycles. The fourth-order valence-corrected chi connectivity index (χ4v) is 2.51. The fraction of sp³-hybridized carbons (Fsp3) is 0.533. The van der Waals surface area contributed by atoms with E-state index in [0.717, 1.165) is 31.5 Å². The standard InChI is InChI=1S/C15H21NO3/c1-3-14(17)19-15(13-7-5-4-6-8-13)9-11-16(18-2)12-10-15/h4-8H,3,9-12H2,1-2H3. The third-order valence-electron chi connectivity index (χ3n) is 3.69. The lowest BCUT2D eigenvalue weighted by Gasteiger charge is -2.40. The van der Waals surface area contributed by atoms with Crippen molar-refractivity contribution in [1.82, 2.24) is 5.06 Å². The van der Waals surface area contributed by atoms with Crippen LogP contribution in [0.3, 0.4) is 0 Å². The lowest BCUT2D eigenvalue weighted by molar-refractivity contribution is -0.195. The van der Waals surface area contributed by atoms with Crippen LogP contribution in [0.5, 0.6) is 0 Å².